The number of likely N-dealkylation sites (N-methyl/N-ethyl adjacent to an activating group) is 1. The van der Waals surface area contributed by atoms with Crippen molar-refractivity contribution in [2.45, 2.75) is 13.5 Å². The molecule has 1 rings (SSSR count). The Balaban J connectivity index is 2.45. The van der Waals surface area contributed by atoms with Crippen LogP contribution in [0.3, 0.4) is 0 Å². The third-order valence-corrected chi connectivity index (χ3v) is 1.84. The molecule has 70 valence electrons. The van der Waals surface area contributed by atoms with E-state index in [9.17, 15) is 0 Å². The van der Waals surface area contributed by atoms with Gasteiger partial charge in [-0.3, -0.25) is 4.90 Å². The summed E-state index contributed by atoms with van der Waals surface area (Å²) in [5.74, 6) is 0. The van der Waals surface area contributed by atoms with Crippen LogP contribution in [-0.2, 0) is 6.54 Å². The van der Waals surface area contributed by atoms with Crippen LogP contribution in [0.2, 0.25) is 0 Å². The number of hydrogen-bond acceptors (Lipinski definition) is 1. The first-order valence-electron chi connectivity index (χ1n) is 4.55. The predicted molar refractivity (Wildman–Crippen MR) is 57.6 cm³/mol. The normalized spacial score (nSPS) is 10.4. The molecule has 0 N–H and O–H groups in total. The van der Waals surface area contributed by atoms with Crippen molar-refractivity contribution in [3.05, 3.63) is 48.0 Å². The van der Waals surface area contributed by atoms with E-state index >= 15 is 0 Å². The second-order valence-corrected chi connectivity index (χ2v) is 3.61. The molecule has 1 nitrogen and oxygen atoms in total. The van der Waals surface area contributed by atoms with E-state index in [0.717, 1.165) is 13.1 Å². The molecule has 0 saturated carbocycles. The Labute approximate surface area is 80.7 Å². The Morgan fingerprint density at radius 3 is 2.46 bits per heavy atom. The third-order valence-electron chi connectivity index (χ3n) is 1.84. The molecule has 0 heterocycles. The zero-order valence-corrected chi connectivity index (χ0v) is 8.46. The summed E-state index contributed by atoms with van der Waals surface area (Å²) in [7, 11) is 2.11. The summed E-state index contributed by atoms with van der Waals surface area (Å²) >= 11 is 0. The first-order valence-corrected chi connectivity index (χ1v) is 4.55. The zero-order chi connectivity index (χ0) is 9.68. The van der Waals surface area contributed by atoms with Crippen LogP contribution >= 0.6 is 0 Å². The number of hydrogen-bond donors (Lipinski definition) is 0. The Morgan fingerprint density at radius 1 is 1.31 bits per heavy atom. The van der Waals surface area contributed by atoms with Crippen molar-refractivity contribution < 1.29 is 0 Å². The summed E-state index contributed by atoms with van der Waals surface area (Å²) in [5, 5.41) is 0. The van der Waals surface area contributed by atoms with Gasteiger partial charge in [0.2, 0.25) is 0 Å². The van der Waals surface area contributed by atoms with Gasteiger partial charge in [0.15, 0.2) is 0 Å². The Hall–Kier alpha value is -1.08. The fourth-order valence-corrected chi connectivity index (χ4v) is 1.41. The minimum Gasteiger partial charge on any atom is -0.298 e. The summed E-state index contributed by atoms with van der Waals surface area (Å²) in [5.41, 5.74) is 2.56. The second kappa shape index (κ2) is 4.83. The van der Waals surface area contributed by atoms with Crippen molar-refractivity contribution in [1.29, 1.82) is 0 Å². The average molecular weight is 175 g/mol. The van der Waals surface area contributed by atoms with Crippen LogP contribution in [0, 0.1) is 0 Å². The van der Waals surface area contributed by atoms with Gasteiger partial charge in [-0.15, -0.1) is 0 Å². The summed E-state index contributed by atoms with van der Waals surface area (Å²) in [6.45, 7) is 7.91. The van der Waals surface area contributed by atoms with Crippen LogP contribution in [0.4, 0.5) is 0 Å². The van der Waals surface area contributed by atoms with Crippen molar-refractivity contribution in [3.63, 3.8) is 0 Å². The Morgan fingerprint density at radius 2 is 1.92 bits per heavy atom. The number of benzene rings is 1. The lowest BCUT2D eigenvalue weighted by Gasteiger charge is -2.16. The largest absolute Gasteiger partial charge is 0.298 e. The molecule has 0 spiro atoms. The van der Waals surface area contributed by atoms with E-state index in [4.69, 9.17) is 0 Å². The molecule has 1 aromatic carbocycles. The molecule has 1 aromatic rings. The summed E-state index contributed by atoms with van der Waals surface area (Å²) in [6, 6.07) is 10.5. The SMILES string of the molecule is C=C(C)CN(C)Cc1ccccc1. The van der Waals surface area contributed by atoms with Crippen LogP contribution in [0.1, 0.15) is 12.5 Å². The zero-order valence-electron chi connectivity index (χ0n) is 8.46. The van der Waals surface area contributed by atoms with Gasteiger partial charge in [0.1, 0.15) is 0 Å². The van der Waals surface area contributed by atoms with Crippen molar-refractivity contribution >= 4 is 0 Å². The maximum atomic E-state index is 3.90. The van der Waals surface area contributed by atoms with Gasteiger partial charge in [-0.05, 0) is 19.5 Å². The van der Waals surface area contributed by atoms with Gasteiger partial charge in [-0.1, -0.05) is 42.5 Å². The fraction of sp³-hybridized carbons (Fsp3) is 0.333. The van der Waals surface area contributed by atoms with Crippen molar-refractivity contribution in [2.24, 2.45) is 0 Å². The van der Waals surface area contributed by atoms with E-state index in [-0.39, 0.29) is 0 Å². The van der Waals surface area contributed by atoms with Gasteiger partial charge in [0.25, 0.3) is 0 Å². The molecule has 0 aliphatic carbocycles. The van der Waals surface area contributed by atoms with Gasteiger partial charge in [0, 0.05) is 13.1 Å². The number of rotatable bonds is 4. The van der Waals surface area contributed by atoms with Gasteiger partial charge in [0.05, 0.1) is 0 Å². The predicted octanol–water partition coefficient (Wildman–Crippen LogP) is 2.69. The van der Waals surface area contributed by atoms with E-state index in [1.165, 1.54) is 11.1 Å². The molecule has 0 aliphatic heterocycles. The molecule has 0 aliphatic rings. The standard InChI is InChI=1S/C12H17N/c1-11(2)9-13(3)10-12-7-5-4-6-8-12/h4-8H,1,9-10H2,2-3H3. The lowest BCUT2D eigenvalue weighted by atomic mass is 10.2. The first kappa shape index (κ1) is 10.0. The molecule has 0 atom stereocenters. The minimum atomic E-state index is 0.967. The van der Waals surface area contributed by atoms with Crippen molar-refractivity contribution in [3.8, 4) is 0 Å². The van der Waals surface area contributed by atoms with Crippen LogP contribution in [-0.4, -0.2) is 18.5 Å². The fourth-order valence-electron chi connectivity index (χ4n) is 1.41. The summed E-state index contributed by atoms with van der Waals surface area (Å²) in [6.07, 6.45) is 0. The monoisotopic (exact) mass is 175 g/mol. The quantitative estimate of drug-likeness (QED) is 0.636. The Bertz CT molecular complexity index is 264. The molecule has 0 aromatic heterocycles. The summed E-state index contributed by atoms with van der Waals surface area (Å²) in [4.78, 5) is 2.26. The maximum absolute atomic E-state index is 3.90. The first-order chi connectivity index (χ1) is 6.18. The molecule has 1 heteroatoms. The van der Waals surface area contributed by atoms with Gasteiger partial charge < -0.3 is 0 Å². The van der Waals surface area contributed by atoms with E-state index in [1.54, 1.807) is 0 Å². The van der Waals surface area contributed by atoms with Crippen molar-refractivity contribution in [1.82, 2.24) is 4.90 Å². The minimum absolute atomic E-state index is 0.967. The topological polar surface area (TPSA) is 3.24 Å². The van der Waals surface area contributed by atoms with E-state index in [2.05, 4.69) is 49.7 Å². The van der Waals surface area contributed by atoms with Crippen molar-refractivity contribution in [2.75, 3.05) is 13.6 Å². The average Bonchev–Trinajstić information content (AvgIpc) is 2.04. The lowest BCUT2D eigenvalue weighted by molar-refractivity contribution is 0.355. The van der Waals surface area contributed by atoms with Crippen LogP contribution in [0.25, 0.3) is 0 Å². The van der Waals surface area contributed by atoms with E-state index in [0.29, 0.717) is 0 Å². The molecule has 13 heavy (non-hydrogen) atoms. The van der Waals surface area contributed by atoms with Gasteiger partial charge >= 0.3 is 0 Å². The smallest absolute Gasteiger partial charge is 0.0234 e. The van der Waals surface area contributed by atoms with Crippen LogP contribution in [0.5, 0.6) is 0 Å². The highest BCUT2D eigenvalue weighted by atomic mass is 15.1. The van der Waals surface area contributed by atoms with E-state index < -0.39 is 0 Å². The second-order valence-electron chi connectivity index (χ2n) is 3.61. The highest BCUT2D eigenvalue weighted by molar-refractivity contribution is 5.14. The molecule has 0 saturated heterocycles. The molecule has 0 unspecified atom stereocenters. The van der Waals surface area contributed by atoms with Crippen LogP contribution < -0.4 is 0 Å². The van der Waals surface area contributed by atoms with E-state index in [1.807, 2.05) is 6.07 Å². The number of nitrogens with zero attached hydrogens (tertiary/aromatic N) is 1. The van der Waals surface area contributed by atoms with Gasteiger partial charge in [-0.25, -0.2) is 0 Å². The third kappa shape index (κ3) is 3.90. The summed E-state index contributed by atoms with van der Waals surface area (Å²) < 4.78 is 0. The highest BCUT2D eigenvalue weighted by Gasteiger charge is 1.98. The molecule has 0 radical (unpaired) electrons. The molecule has 0 fully saturated rings. The lowest BCUT2D eigenvalue weighted by Crippen LogP contribution is -2.19. The molecule has 0 bridgehead atoms. The maximum Gasteiger partial charge on any atom is 0.0234 e. The molecular weight excluding hydrogens is 158 g/mol. The highest BCUT2D eigenvalue weighted by Crippen LogP contribution is 2.03. The Kier molecular flexibility index (Phi) is 3.71. The van der Waals surface area contributed by atoms with Crippen LogP contribution in [0.15, 0.2) is 42.5 Å². The molecule has 0 amide bonds. The molecular formula is C12H17N. The van der Waals surface area contributed by atoms with Gasteiger partial charge in [-0.2, -0.15) is 0 Å².